The first-order valence-corrected chi connectivity index (χ1v) is 5.67. The standard InChI is InChI=1S/C13H22N2O2/c1-10-6-12(16-4)13(17-5)7-11(10)8-15(3)9-14-2/h6-7,14H,8-9H2,1-5H3. The average Bonchev–Trinajstić information content (AvgIpc) is 2.31. The average molecular weight is 238 g/mol. The molecule has 4 nitrogen and oxygen atoms in total. The van der Waals surface area contributed by atoms with Crippen molar-refractivity contribution in [2.24, 2.45) is 0 Å². The molecule has 0 radical (unpaired) electrons. The van der Waals surface area contributed by atoms with Gasteiger partial charge in [-0.2, -0.15) is 0 Å². The number of hydrogen-bond acceptors (Lipinski definition) is 4. The summed E-state index contributed by atoms with van der Waals surface area (Å²) in [6.45, 7) is 3.82. The van der Waals surface area contributed by atoms with Crippen LogP contribution in [0.2, 0.25) is 0 Å². The third kappa shape index (κ3) is 3.61. The number of nitrogens with zero attached hydrogens (tertiary/aromatic N) is 1. The molecule has 0 saturated heterocycles. The fraction of sp³-hybridized carbons (Fsp3) is 0.538. The van der Waals surface area contributed by atoms with E-state index in [2.05, 4.69) is 24.2 Å². The minimum Gasteiger partial charge on any atom is -0.493 e. The van der Waals surface area contributed by atoms with E-state index in [4.69, 9.17) is 9.47 Å². The molecule has 17 heavy (non-hydrogen) atoms. The zero-order valence-electron chi connectivity index (χ0n) is 11.3. The molecule has 0 unspecified atom stereocenters. The summed E-state index contributed by atoms with van der Waals surface area (Å²) < 4.78 is 10.6. The lowest BCUT2D eigenvalue weighted by Gasteiger charge is -2.19. The van der Waals surface area contributed by atoms with E-state index < -0.39 is 0 Å². The molecule has 0 spiro atoms. The van der Waals surface area contributed by atoms with Gasteiger partial charge in [-0.3, -0.25) is 4.90 Å². The zero-order chi connectivity index (χ0) is 12.8. The maximum Gasteiger partial charge on any atom is 0.161 e. The van der Waals surface area contributed by atoms with Crippen molar-refractivity contribution in [2.75, 3.05) is 35.0 Å². The number of ether oxygens (including phenoxy) is 2. The molecule has 0 bridgehead atoms. The van der Waals surface area contributed by atoms with Gasteiger partial charge in [0.05, 0.1) is 14.2 Å². The Labute approximate surface area is 104 Å². The maximum absolute atomic E-state index is 5.31. The van der Waals surface area contributed by atoms with Gasteiger partial charge in [0.25, 0.3) is 0 Å². The highest BCUT2D eigenvalue weighted by Gasteiger charge is 2.09. The molecule has 0 amide bonds. The van der Waals surface area contributed by atoms with E-state index in [-0.39, 0.29) is 0 Å². The minimum absolute atomic E-state index is 0.782. The largest absolute Gasteiger partial charge is 0.493 e. The Balaban J connectivity index is 2.92. The normalized spacial score (nSPS) is 10.7. The van der Waals surface area contributed by atoms with Gasteiger partial charge in [-0.1, -0.05) is 0 Å². The van der Waals surface area contributed by atoms with E-state index in [0.717, 1.165) is 24.7 Å². The van der Waals surface area contributed by atoms with Crippen molar-refractivity contribution in [1.82, 2.24) is 10.2 Å². The third-order valence-corrected chi connectivity index (χ3v) is 2.71. The fourth-order valence-corrected chi connectivity index (χ4v) is 1.81. The van der Waals surface area contributed by atoms with Crippen molar-refractivity contribution in [2.45, 2.75) is 13.5 Å². The summed E-state index contributed by atoms with van der Waals surface area (Å²) in [4.78, 5) is 2.20. The molecule has 0 atom stereocenters. The Morgan fingerprint density at radius 3 is 2.29 bits per heavy atom. The Bertz CT molecular complexity index is 367. The van der Waals surface area contributed by atoms with Crippen LogP contribution >= 0.6 is 0 Å². The molecule has 1 aromatic carbocycles. The first-order chi connectivity index (χ1) is 8.12. The Morgan fingerprint density at radius 2 is 1.76 bits per heavy atom. The van der Waals surface area contributed by atoms with Gasteiger partial charge in [0.2, 0.25) is 0 Å². The van der Waals surface area contributed by atoms with Crippen LogP contribution < -0.4 is 14.8 Å². The summed E-state index contributed by atoms with van der Waals surface area (Å²) in [6, 6.07) is 4.06. The van der Waals surface area contributed by atoms with E-state index in [1.807, 2.05) is 19.2 Å². The van der Waals surface area contributed by atoms with Gasteiger partial charge >= 0.3 is 0 Å². The Hall–Kier alpha value is -1.26. The van der Waals surface area contributed by atoms with Crippen LogP contribution in [0.1, 0.15) is 11.1 Å². The molecule has 4 heteroatoms. The molecule has 1 rings (SSSR count). The molecular weight excluding hydrogens is 216 g/mol. The topological polar surface area (TPSA) is 33.7 Å². The monoisotopic (exact) mass is 238 g/mol. The van der Waals surface area contributed by atoms with E-state index in [1.165, 1.54) is 11.1 Å². The summed E-state index contributed by atoms with van der Waals surface area (Å²) in [7, 11) is 7.34. The van der Waals surface area contributed by atoms with Crippen LogP contribution in [0.25, 0.3) is 0 Å². The summed E-state index contributed by atoms with van der Waals surface area (Å²) >= 11 is 0. The predicted octanol–water partition coefficient (Wildman–Crippen LogP) is 1.62. The second-order valence-corrected chi connectivity index (χ2v) is 4.16. The van der Waals surface area contributed by atoms with Crippen LogP contribution in [-0.4, -0.2) is 39.9 Å². The molecule has 0 aliphatic rings. The van der Waals surface area contributed by atoms with Crippen LogP contribution in [0.15, 0.2) is 12.1 Å². The summed E-state index contributed by atoms with van der Waals surface area (Å²) in [5.41, 5.74) is 2.46. The minimum atomic E-state index is 0.782. The van der Waals surface area contributed by atoms with Gasteiger partial charge in [0.1, 0.15) is 0 Å². The van der Waals surface area contributed by atoms with Crippen molar-refractivity contribution in [3.8, 4) is 11.5 Å². The van der Waals surface area contributed by atoms with Gasteiger partial charge in [-0.25, -0.2) is 0 Å². The molecule has 96 valence electrons. The first kappa shape index (κ1) is 13.8. The summed E-state index contributed by atoms with van der Waals surface area (Å²) in [5.74, 6) is 1.57. The summed E-state index contributed by atoms with van der Waals surface area (Å²) in [6.07, 6.45) is 0. The molecule has 0 aliphatic heterocycles. The van der Waals surface area contributed by atoms with Crippen molar-refractivity contribution >= 4 is 0 Å². The highest BCUT2D eigenvalue weighted by atomic mass is 16.5. The van der Waals surface area contributed by atoms with Gasteiger partial charge in [0, 0.05) is 13.2 Å². The Kier molecular flexibility index (Phi) is 5.25. The zero-order valence-corrected chi connectivity index (χ0v) is 11.3. The predicted molar refractivity (Wildman–Crippen MR) is 69.7 cm³/mol. The molecule has 0 saturated carbocycles. The Morgan fingerprint density at radius 1 is 1.18 bits per heavy atom. The van der Waals surface area contributed by atoms with Gasteiger partial charge in [-0.05, 0) is 44.3 Å². The van der Waals surface area contributed by atoms with Crippen molar-refractivity contribution in [3.63, 3.8) is 0 Å². The van der Waals surface area contributed by atoms with Crippen LogP contribution in [0, 0.1) is 6.92 Å². The molecule has 0 aliphatic carbocycles. The van der Waals surface area contributed by atoms with E-state index in [0.29, 0.717) is 0 Å². The maximum atomic E-state index is 5.31. The molecule has 0 fully saturated rings. The van der Waals surface area contributed by atoms with Crippen molar-refractivity contribution < 1.29 is 9.47 Å². The molecule has 1 aromatic rings. The second-order valence-electron chi connectivity index (χ2n) is 4.16. The van der Waals surface area contributed by atoms with E-state index in [1.54, 1.807) is 14.2 Å². The smallest absolute Gasteiger partial charge is 0.161 e. The quantitative estimate of drug-likeness (QED) is 0.764. The molecule has 1 N–H and O–H groups in total. The number of methoxy groups -OCH3 is 2. The highest BCUT2D eigenvalue weighted by molar-refractivity contribution is 5.46. The number of aryl methyl sites for hydroxylation is 1. The van der Waals surface area contributed by atoms with Gasteiger partial charge in [-0.15, -0.1) is 0 Å². The lowest BCUT2D eigenvalue weighted by Crippen LogP contribution is -2.28. The van der Waals surface area contributed by atoms with Gasteiger partial charge < -0.3 is 14.8 Å². The first-order valence-electron chi connectivity index (χ1n) is 5.67. The summed E-state index contributed by atoms with van der Waals surface area (Å²) in [5, 5.41) is 3.13. The van der Waals surface area contributed by atoms with Gasteiger partial charge in [0.15, 0.2) is 11.5 Å². The molecule has 0 heterocycles. The lowest BCUT2D eigenvalue weighted by atomic mass is 10.1. The molecular formula is C13H22N2O2. The van der Waals surface area contributed by atoms with Crippen LogP contribution in [0.4, 0.5) is 0 Å². The lowest BCUT2D eigenvalue weighted by molar-refractivity contribution is 0.307. The van der Waals surface area contributed by atoms with Crippen molar-refractivity contribution in [1.29, 1.82) is 0 Å². The fourth-order valence-electron chi connectivity index (χ4n) is 1.81. The van der Waals surface area contributed by atoms with Crippen LogP contribution in [-0.2, 0) is 6.54 Å². The van der Waals surface area contributed by atoms with Crippen LogP contribution in [0.3, 0.4) is 0 Å². The van der Waals surface area contributed by atoms with E-state index in [9.17, 15) is 0 Å². The van der Waals surface area contributed by atoms with E-state index >= 15 is 0 Å². The van der Waals surface area contributed by atoms with Crippen LogP contribution in [0.5, 0.6) is 11.5 Å². The van der Waals surface area contributed by atoms with Crippen molar-refractivity contribution in [3.05, 3.63) is 23.3 Å². The number of rotatable bonds is 6. The highest BCUT2D eigenvalue weighted by Crippen LogP contribution is 2.30. The SMILES string of the molecule is CNCN(C)Cc1cc(OC)c(OC)cc1C. The third-order valence-electron chi connectivity index (χ3n) is 2.71. The molecule has 0 aromatic heterocycles. The number of nitrogens with one attached hydrogen (secondary N) is 1. The number of benzene rings is 1. The number of hydrogen-bond donors (Lipinski definition) is 1. The second kappa shape index (κ2) is 6.47.